The third kappa shape index (κ3) is 5.93. The van der Waals surface area contributed by atoms with E-state index < -0.39 is 0 Å². The van der Waals surface area contributed by atoms with Crippen LogP contribution in [-0.4, -0.2) is 0 Å². The van der Waals surface area contributed by atoms with Crippen molar-refractivity contribution >= 4 is 59.3 Å². The number of rotatable bonds is 7. The van der Waals surface area contributed by atoms with E-state index in [1.54, 1.807) is 0 Å². The van der Waals surface area contributed by atoms with Gasteiger partial charge >= 0.3 is 0 Å². The standard InChI is InChI=1S/C52H35NS/c1-2-10-36(11-3-1)37-20-22-38(23-21-37)39-24-29-44(30-25-39)53(46-15-8-14-43(34-46)48-18-9-13-41-12-4-5-16-47(41)48)45-31-26-40(27-32-45)42-28-33-52-50(35-42)49-17-6-7-19-51(49)54-52/h1-35H. The number of anilines is 3. The molecule has 54 heavy (non-hydrogen) atoms. The monoisotopic (exact) mass is 705 g/mol. The number of benzene rings is 9. The minimum atomic E-state index is 1.11. The molecular weight excluding hydrogens is 671 g/mol. The third-order valence-electron chi connectivity index (χ3n) is 10.5. The molecule has 0 aliphatic rings. The summed E-state index contributed by atoms with van der Waals surface area (Å²) in [4.78, 5) is 2.37. The highest BCUT2D eigenvalue weighted by Gasteiger charge is 2.16. The van der Waals surface area contributed by atoms with Crippen molar-refractivity contribution in [1.82, 2.24) is 0 Å². The van der Waals surface area contributed by atoms with Crippen LogP contribution in [0, 0.1) is 0 Å². The van der Waals surface area contributed by atoms with E-state index in [-0.39, 0.29) is 0 Å². The lowest BCUT2D eigenvalue weighted by Gasteiger charge is -2.26. The quantitative estimate of drug-likeness (QED) is 0.160. The van der Waals surface area contributed by atoms with Crippen LogP contribution in [0.15, 0.2) is 212 Å². The zero-order chi connectivity index (χ0) is 35.8. The number of hydrogen-bond donors (Lipinski definition) is 0. The Bertz CT molecular complexity index is 2900. The van der Waals surface area contributed by atoms with Crippen LogP contribution in [0.5, 0.6) is 0 Å². The van der Waals surface area contributed by atoms with Crippen LogP contribution in [0.4, 0.5) is 17.1 Å². The molecule has 2 heteroatoms. The predicted octanol–water partition coefficient (Wildman–Crippen LogP) is 15.3. The van der Waals surface area contributed by atoms with E-state index in [0.717, 1.165) is 17.1 Å². The number of thiophene rings is 1. The summed E-state index contributed by atoms with van der Waals surface area (Å²) in [6.45, 7) is 0. The van der Waals surface area contributed by atoms with Gasteiger partial charge in [-0.1, -0.05) is 158 Å². The molecule has 0 radical (unpaired) electrons. The van der Waals surface area contributed by atoms with Crippen LogP contribution in [-0.2, 0) is 0 Å². The maximum atomic E-state index is 2.37. The second-order valence-corrected chi connectivity index (χ2v) is 14.8. The second-order valence-electron chi connectivity index (χ2n) is 13.8. The van der Waals surface area contributed by atoms with Crippen molar-refractivity contribution in [3.63, 3.8) is 0 Å². The van der Waals surface area contributed by atoms with Crippen molar-refractivity contribution in [3.8, 4) is 44.5 Å². The Morgan fingerprint density at radius 1 is 0.278 bits per heavy atom. The highest BCUT2D eigenvalue weighted by Crippen LogP contribution is 2.41. The number of nitrogens with zero attached hydrogens (tertiary/aromatic N) is 1. The SMILES string of the molecule is c1ccc(-c2ccc(-c3ccc(N(c4ccc(-c5ccc6sc7ccccc7c6c5)cc4)c4cccc(-c5cccc6ccccc56)c4)cc3)cc2)cc1. The molecule has 0 bridgehead atoms. The first-order valence-corrected chi connectivity index (χ1v) is 19.2. The fourth-order valence-electron chi connectivity index (χ4n) is 7.73. The first-order valence-electron chi connectivity index (χ1n) is 18.4. The first-order chi connectivity index (χ1) is 26.7. The topological polar surface area (TPSA) is 3.24 Å². The predicted molar refractivity (Wildman–Crippen MR) is 233 cm³/mol. The van der Waals surface area contributed by atoms with Crippen LogP contribution in [0.1, 0.15) is 0 Å². The summed E-state index contributed by atoms with van der Waals surface area (Å²) in [6.07, 6.45) is 0. The molecule has 1 heterocycles. The lowest BCUT2D eigenvalue weighted by atomic mass is 9.97. The van der Waals surface area contributed by atoms with Crippen molar-refractivity contribution in [2.24, 2.45) is 0 Å². The molecule has 0 amide bonds. The molecule has 0 unspecified atom stereocenters. The second kappa shape index (κ2) is 13.7. The summed E-state index contributed by atoms with van der Waals surface area (Å²) in [5.41, 5.74) is 13.0. The molecule has 0 aliphatic heterocycles. The van der Waals surface area contributed by atoms with Gasteiger partial charge in [-0.05, 0) is 110 Å². The van der Waals surface area contributed by atoms with Crippen molar-refractivity contribution in [2.75, 3.05) is 4.90 Å². The molecule has 0 aliphatic carbocycles. The van der Waals surface area contributed by atoms with Crippen molar-refractivity contribution < 1.29 is 0 Å². The van der Waals surface area contributed by atoms with E-state index in [4.69, 9.17) is 0 Å². The van der Waals surface area contributed by atoms with E-state index in [0.29, 0.717) is 0 Å². The molecule has 10 aromatic rings. The molecular formula is C52H35NS. The summed E-state index contributed by atoms with van der Waals surface area (Å²) in [7, 11) is 0. The van der Waals surface area contributed by atoms with Crippen LogP contribution in [0.3, 0.4) is 0 Å². The minimum absolute atomic E-state index is 1.11. The summed E-state index contributed by atoms with van der Waals surface area (Å²) < 4.78 is 2.65. The summed E-state index contributed by atoms with van der Waals surface area (Å²) >= 11 is 1.86. The molecule has 10 rings (SSSR count). The van der Waals surface area contributed by atoms with Crippen LogP contribution >= 0.6 is 11.3 Å². The van der Waals surface area contributed by atoms with E-state index in [2.05, 4.69) is 217 Å². The molecule has 0 N–H and O–H groups in total. The van der Waals surface area contributed by atoms with Crippen LogP contribution < -0.4 is 4.90 Å². The van der Waals surface area contributed by atoms with E-state index in [9.17, 15) is 0 Å². The fraction of sp³-hybridized carbons (Fsp3) is 0. The van der Waals surface area contributed by atoms with Gasteiger partial charge in [-0.25, -0.2) is 0 Å². The van der Waals surface area contributed by atoms with Gasteiger partial charge < -0.3 is 4.90 Å². The van der Waals surface area contributed by atoms with Gasteiger partial charge in [0, 0.05) is 37.2 Å². The Hall–Kier alpha value is -6.74. The molecule has 9 aromatic carbocycles. The Morgan fingerprint density at radius 2 is 0.778 bits per heavy atom. The lowest BCUT2D eigenvalue weighted by Crippen LogP contribution is -2.10. The zero-order valence-corrected chi connectivity index (χ0v) is 30.4. The Balaban J connectivity index is 1.04. The first kappa shape index (κ1) is 32.0. The molecule has 1 aromatic heterocycles. The van der Waals surface area contributed by atoms with Gasteiger partial charge in [0.25, 0.3) is 0 Å². The molecule has 254 valence electrons. The largest absolute Gasteiger partial charge is 0.310 e. The maximum absolute atomic E-state index is 2.37. The molecule has 0 saturated heterocycles. The summed E-state index contributed by atoms with van der Waals surface area (Å²) in [5.74, 6) is 0. The highest BCUT2D eigenvalue weighted by molar-refractivity contribution is 7.25. The van der Waals surface area contributed by atoms with E-state index in [1.807, 2.05) is 11.3 Å². The Morgan fingerprint density at radius 3 is 1.50 bits per heavy atom. The molecule has 0 spiro atoms. The van der Waals surface area contributed by atoms with E-state index in [1.165, 1.54) is 75.5 Å². The summed E-state index contributed by atoms with van der Waals surface area (Å²) in [6, 6.07) is 77.1. The lowest BCUT2D eigenvalue weighted by molar-refractivity contribution is 1.28. The van der Waals surface area contributed by atoms with E-state index >= 15 is 0 Å². The highest BCUT2D eigenvalue weighted by atomic mass is 32.1. The third-order valence-corrected chi connectivity index (χ3v) is 11.6. The molecule has 0 saturated carbocycles. The fourth-order valence-corrected chi connectivity index (χ4v) is 8.82. The summed E-state index contributed by atoms with van der Waals surface area (Å²) in [5, 5.41) is 5.14. The Kier molecular flexibility index (Phi) is 8.09. The van der Waals surface area contributed by atoms with Crippen molar-refractivity contribution in [1.29, 1.82) is 0 Å². The average Bonchev–Trinajstić information content (AvgIpc) is 3.63. The van der Waals surface area contributed by atoms with Crippen molar-refractivity contribution in [3.05, 3.63) is 212 Å². The molecule has 0 atom stereocenters. The smallest absolute Gasteiger partial charge is 0.0467 e. The Labute approximate surface area is 319 Å². The average molecular weight is 706 g/mol. The number of fused-ring (bicyclic) bond motifs is 4. The molecule has 0 fully saturated rings. The zero-order valence-electron chi connectivity index (χ0n) is 29.6. The van der Waals surface area contributed by atoms with Gasteiger partial charge in [-0.2, -0.15) is 0 Å². The normalized spacial score (nSPS) is 11.3. The van der Waals surface area contributed by atoms with Gasteiger partial charge in [0.2, 0.25) is 0 Å². The van der Waals surface area contributed by atoms with Crippen molar-refractivity contribution in [2.45, 2.75) is 0 Å². The minimum Gasteiger partial charge on any atom is -0.310 e. The number of hydrogen-bond acceptors (Lipinski definition) is 2. The van der Waals surface area contributed by atoms with Gasteiger partial charge in [0.1, 0.15) is 0 Å². The van der Waals surface area contributed by atoms with Gasteiger partial charge in [0.15, 0.2) is 0 Å². The molecule has 1 nitrogen and oxygen atoms in total. The van der Waals surface area contributed by atoms with Gasteiger partial charge in [-0.15, -0.1) is 11.3 Å². The van der Waals surface area contributed by atoms with Gasteiger partial charge in [0.05, 0.1) is 0 Å². The van der Waals surface area contributed by atoms with Gasteiger partial charge in [-0.3, -0.25) is 0 Å². The van der Waals surface area contributed by atoms with Crippen LogP contribution in [0.2, 0.25) is 0 Å². The maximum Gasteiger partial charge on any atom is 0.0467 e. The van der Waals surface area contributed by atoms with Crippen LogP contribution in [0.25, 0.3) is 75.5 Å².